The summed E-state index contributed by atoms with van der Waals surface area (Å²) in [5.74, 6) is 1.29. The van der Waals surface area contributed by atoms with Gasteiger partial charge in [-0.05, 0) is 43.4 Å². The fraction of sp³-hybridized carbons (Fsp3) is 0.935. The van der Waals surface area contributed by atoms with E-state index in [-0.39, 0.29) is 17.9 Å². The lowest BCUT2D eigenvalue weighted by atomic mass is 9.74. The van der Waals surface area contributed by atoms with Crippen LogP contribution in [0.4, 0.5) is 0 Å². The summed E-state index contributed by atoms with van der Waals surface area (Å²) in [5.41, 5.74) is 0. The van der Waals surface area contributed by atoms with Crippen LogP contribution in [0.5, 0.6) is 0 Å². The molecule has 2 atom stereocenters. The highest BCUT2D eigenvalue weighted by atomic mass is 16.5. The van der Waals surface area contributed by atoms with E-state index in [0.717, 1.165) is 44.9 Å². The van der Waals surface area contributed by atoms with E-state index >= 15 is 0 Å². The minimum atomic E-state index is -0.0233. The van der Waals surface area contributed by atoms with Gasteiger partial charge in [0.2, 0.25) is 0 Å². The molecule has 4 heteroatoms. The molecule has 2 unspecified atom stereocenters. The number of hydrogen-bond acceptors (Lipinski definition) is 4. The van der Waals surface area contributed by atoms with E-state index in [2.05, 4.69) is 41.5 Å². The van der Waals surface area contributed by atoms with E-state index in [0.29, 0.717) is 37.4 Å². The van der Waals surface area contributed by atoms with Crippen molar-refractivity contribution in [3.8, 4) is 0 Å². The highest BCUT2D eigenvalue weighted by Gasteiger charge is 2.33. The van der Waals surface area contributed by atoms with Crippen LogP contribution in [0, 0.1) is 23.7 Å². The van der Waals surface area contributed by atoms with Crippen molar-refractivity contribution in [2.24, 2.45) is 23.7 Å². The molecule has 4 nitrogen and oxygen atoms in total. The van der Waals surface area contributed by atoms with Crippen LogP contribution in [0.1, 0.15) is 151 Å². The van der Waals surface area contributed by atoms with Crippen LogP contribution in [0.3, 0.4) is 0 Å². The number of ether oxygens (including phenoxy) is 2. The maximum Gasteiger partial charge on any atom is 0.309 e. The van der Waals surface area contributed by atoms with Gasteiger partial charge in [0.1, 0.15) is 0 Å². The van der Waals surface area contributed by atoms with Crippen molar-refractivity contribution < 1.29 is 19.1 Å². The van der Waals surface area contributed by atoms with E-state index in [1.165, 1.54) is 57.8 Å². The molecule has 0 aliphatic carbocycles. The first-order valence-corrected chi connectivity index (χ1v) is 15.2. The lowest BCUT2D eigenvalue weighted by Crippen LogP contribution is -2.33. The lowest BCUT2D eigenvalue weighted by Gasteiger charge is -2.31. The molecule has 0 saturated carbocycles. The van der Waals surface area contributed by atoms with Gasteiger partial charge in [-0.2, -0.15) is 0 Å². The Morgan fingerprint density at radius 2 is 1.03 bits per heavy atom. The summed E-state index contributed by atoms with van der Waals surface area (Å²) in [6.07, 6.45) is 19.5. The monoisotopic (exact) mass is 496 g/mol. The zero-order valence-electron chi connectivity index (χ0n) is 24.4. The molecule has 35 heavy (non-hydrogen) atoms. The molecule has 0 aliphatic heterocycles. The van der Waals surface area contributed by atoms with Gasteiger partial charge < -0.3 is 9.47 Å². The maximum atomic E-state index is 12.8. The van der Waals surface area contributed by atoms with Crippen molar-refractivity contribution in [3.63, 3.8) is 0 Å². The quantitative estimate of drug-likeness (QED) is 0.0986. The first kappa shape index (κ1) is 33.9. The number of hydrogen-bond donors (Lipinski definition) is 0. The van der Waals surface area contributed by atoms with E-state index in [4.69, 9.17) is 9.47 Å². The van der Waals surface area contributed by atoms with Gasteiger partial charge in [-0.25, -0.2) is 0 Å². The van der Waals surface area contributed by atoms with Crippen molar-refractivity contribution in [1.29, 1.82) is 0 Å². The van der Waals surface area contributed by atoms with Crippen LogP contribution in [0.15, 0.2) is 0 Å². The summed E-state index contributed by atoms with van der Waals surface area (Å²) >= 11 is 0. The third kappa shape index (κ3) is 18.8. The minimum absolute atomic E-state index is 0.0233. The standard InChI is InChI=1S/C31H60O4/c1-7-9-24-34-29(32)23-21-19-17-15-13-11-12-14-16-18-20-22-28(26(3)4)30(27(5)6)31(33)35-25-10-8-2/h26-28,30H,7-25H2,1-6H3. The lowest BCUT2D eigenvalue weighted by molar-refractivity contribution is -0.153. The first-order chi connectivity index (χ1) is 16.8. The Morgan fingerprint density at radius 1 is 0.571 bits per heavy atom. The Bertz CT molecular complexity index is 500. The van der Waals surface area contributed by atoms with Crippen molar-refractivity contribution in [3.05, 3.63) is 0 Å². The summed E-state index contributed by atoms with van der Waals surface area (Å²) < 4.78 is 10.8. The van der Waals surface area contributed by atoms with E-state index in [9.17, 15) is 9.59 Å². The van der Waals surface area contributed by atoms with Gasteiger partial charge >= 0.3 is 11.9 Å². The van der Waals surface area contributed by atoms with Gasteiger partial charge in [0.15, 0.2) is 0 Å². The molecule has 0 rings (SSSR count). The van der Waals surface area contributed by atoms with Crippen LogP contribution in [0.25, 0.3) is 0 Å². The topological polar surface area (TPSA) is 52.6 Å². The zero-order valence-corrected chi connectivity index (χ0v) is 24.4. The average Bonchev–Trinajstić information content (AvgIpc) is 2.81. The predicted octanol–water partition coefficient (Wildman–Crippen LogP) is 9.29. The van der Waals surface area contributed by atoms with Crippen molar-refractivity contribution >= 4 is 11.9 Å². The largest absolute Gasteiger partial charge is 0.466 e. The van der Waals surface area contributed by atoms with Crippen molar-refractivity contribution in [1.82, 2.24) is 0 Å². The second-order valence-electron chi connectivity index (χ2n) is 11.2. The Hall–Kier alpha value is -1.06. The normalized spacial score (nSPS) is 13.3. The second-order valence-corrected chi connectivity index (χ2v) is 11.2. The average molecular weight is 497 g/mol. The second kappa shape index (κ2) is 23.3. The van der Waals surface area contributed by atoms with Crippen LogP contribution >= 0.6 is 0 Å². The van der Waals surface area contributed by atoms with Crippen LogP contribution in [0.2, 0.25) is 0 Å². The van der Waals surface area contributed by atoms with Gasteiger partial charge in [0.05, 0.1) is 19.1 Å². The van der Waals surface area contributed by atoms with E-state index in [1.54, 1.807) is 0 Å². The third-order valence-corrected chi connectivity index (χ3v) is 7.23. The minimum Gasteiger partial charge on any atom is -0.466 e. The SMILES string of the molecule is CCCCOC(=O)CCCCCCCCCCCCCC(C(C)C)C(C(=O)OCCCC)C(C)C. The number of rotatable bonds is 24. The summed E-state index contributed by atoms with van der Waals surface area (Å²) in [4.78, 5) is 24.3. The molecule has 0 fully saturated rings. The highest BCUT2D eigenvalue weighted by molar-refractivity contribution is 5.73. The smallest absolute Gasteiger partial charge is 0.309 e. The molecule has 0 aromatic heterocycles. The molecule has 0 aliphatic rings. The zero-order chi connectivity index (χ0) is 26.3. The fourth-order valence-corrected chi connectivity index (χ4v) is 4.93. The molecule has 0 radical (unpaired) electrons. The van der Waals surface area contributed by atoms with Crippen LogP contribution < -0.4 is 0 Å². The molecule has 0 spiro atoms. The molecule has 0 aromatic carbocycles. The molecule has 0 bridgehead atoms. The van der Waals surface area contributed by atoms with Gasteiger partial charge in [-0.1, -0.05) is 119 Å². The number of unbranched alkanes of at least 4 members (excludes halogenated alkanes) is 12. The summed E-state index contributed by atoms with van der Waals surface area (Å²) in [5, 5.41) is 0. The van der Waals surface area contributed by atoms with Crippen LogP contribution in [-0.2, 0) is 19.1 Å². The van der Waals surface area contributed by atoms with Gasteiger partial charge in [-0.3, -0.25) is 9.59 Å². The van der Waals surface area contributed by atoms with E-state index < -0.39 is 0 Å². The third-order valence-electron chi connectivity index (χ3n) is 7.23. The van der Waals surface area contributed by atoms with Crippen molar-refractivity contribution in [2.45, 2.75) is 151 Å². The molecule has 0 N–H and O–H groups in total. The Kier molecular flexibility index (Phi) is 22.6. The first-order valence-electron chi connectivity index (χ1n) is 15.2. The Balaban J connectivity index is 3.85. The van der Waals surface area contributed by atoms with Gasteiger partial charge in [0, 0.05) is 6.42 Å². The van der Waals surface area contributed by atoms with Crippen LogP contribution in [-0.4, -0.2) is 25.2 Å². The summed E-state index contributed by atoms with van der Waals surface area (Å²) in [6.45, 7) is 14.3. The predicted molar refractivity (Wildman–Crippen MR) is 148 cm³/mol. The van der Waals surface area contributed by atoms with Crippen molar-refractivity contribution in [2.75, 3.05) is 13.2 Å². The number of carbonyl (C=O) groups excluding carboxylic acids is 2. The summed E-state index contributed by atoms with van der Waals surface area (Å²) in [6, 6.07) is 0. The molecule has 208 valence electrons. The van der Waals surface area contributed by atoms with Gasteiger partial charge in [-0.15, -0.1) is 0 Å². The summed E-state index contributed by atoms with van der Waals surface area (Å²) in [7, 11) is 0. The Labute approximate surface area is 218 Å². The van der Waals surface area contributed by atoms with Gasteiger partial charge in [0.25, 0.3) is 0 Å². The molecular weight excluding hydrogens is 436 g/mol. The fourth-order valence-electron chi connectivity index (χ4n) is 4.93. The number of esters is 2. The molecule has 0 amide bonds. The Morgan fingerprint density at radius 3 is 1.49 bits per heavy atom. The van der Waals surface area contributed by atoms with E-state index in [1.807, 2.05) is 0 Å². The molecule has 0 saturated heterocycles. The maximum absolute atomic E-state index is 12.8. The molecule has 0 aromatic rings. The molecular formula is C31H60O4. The number of carbonyl (C=O) groups is 2. The molecule has 0 heterocycles. The highest BCUT2D eigenvalue weighted by Crippen LogP contribution is 2.33.